The first-order valence-corrected chi connectivity index (χ1v) is 13.7. The molecule has 0 spiro atoms. The predicted molar refractivity (Wildman–Crippen MR) is 137 cm³/mol. The van der Waals surface area contributed by atoms with Crippen LogP contribution in [0.5, 0.6) is 0 Å². The average Bonchev–Trinajstić information content (AvgIpc) is 2.79. The van der Waals surface area contributed by atoms with Crippen molar-refractivity contribution in [2.24, 2.45) is 0 Å². The van der Waals surface area contributed by atoms with Gasteiger partial charge < -0.3 is 10.2 Å². The summed E-state index contributed by atoms with van der Waals surface area (Å²) in [7, 11) is -3.78. The van der Waals surface area contributed by atoms with Gasteiger partial charge >= 0.3 is 0 Å². The molecule has 0 radical (unpaired) electrons. The zero-order valence-corrected chi connectivity index (χ0v) is 21.8. The van der Waals surface area contributed by atoms with E-state index in [2.05, 4.69) is 5.32 Å². The summed E-state index contributed by atoms with van der Waals surface area (Å²) in [6, 6.07) is 15.2. The van der Waals surface area contributed by atoms with E-state index >= 15 is 0 Å². The van der Waals surface area contributed by atoms with E-state index in [0.717, 1.165) is 22.5 Å². The van der Waals surface area contributed by atoms with Crippen molar-refractivity contribution in [1.29, 1.82) is 0 Å². The number of sulfonamides is 1. The lowest BCUT2D eigenvalue weighted by Crippen LogP contribution is -2.54. The average molecular weight is 508 g/mol. The third-order valence-electron chi connectivity index (χ3n) is 5.65. The number of carbonyl (C=O) groups excluding carboxylic acids is 2. The van der Waals surface area contributed by atoms with E-state index in [0.29, 0.717) is 23.6 Å². The molecule has 34 heavy (non-hydrogen) atoms. The van der Waals surface area contributed by atoms with Gasteiger partial charge in [-0.15, -0.1) is 0 Å². The summed E-state index contributed by atoms with van der Waals surface area (Å²) in [5.41, 5.74) is 1.32. The van der Waals surface area contributed by atoms with Crippen molar-refractivity contribution in [3.63, 3.8) is 0 Å². The summed E-state index contributed by atoms with van der Waals surface area (Å²) >= 11 is 6.06. The molecule has 0 heterocycles. The molecule has 0 unspecified atom stereocenters. The zero-order chi connectivity index (χ0) is 25.3. The lowest BCUT2D eigenvalue weighted by Gasteiger charge is -2.33. The van der Waals surface area contributed by atoms with Gasteiger partial charge in [0.15, 0.2) is 0 Å². The Morgan fingerprint density at radius 1 is 1.03 bits per heavy atom. The largest absolute Gasteiger partial charge is 0.352 e. The molecule has 1 N–H and O–H groups in total. The van der Waals surface area contributed by atoms with E-state index in [1.54, 1.807) is 18.2 Å². The van der Waals surface area contributed by atoms with Gasteiger partial charge in [0.05, 0.1) is 11.9 Å². The van der Waals surface area contributed by atoms with Gasteiger partial charge in [-0.2, -0.15) is 0 Å². The SMILES string of the molecule is CC[C@H](C(=O)N[C@@H](C)CC)N(CCc1ccccc1)C(=O)CN(c1cccc(Cl)c1)S(C)(=O)=O. The molecule has 186 valence electrons. The first-order valence-electron chi connectivity index (χ1n) is 11.4. The van der Waals surface area contributed by atoms with Gasteiger partial charge in [-0.25, -0.2) is 8.42 Å². The third-order valence-corrected chi connectivity index (χ3v) is 7.02. The van der Waals surface area contributed by atoms with Crippen LogP contribution >= 0.6 is 11.6 Å². The Labute approximate surface area is 208 Å². The molecule has 2 aromatic rings. The number of halogens is 1. The summed E-state index contributed by atoms with van der Waals surface area (Å²) in [5, 5.41) is 3.31. The molecule has 9 heteroatoms. The molecule has 2 rings (SSSR count). The number of amides is 2. The van der Waals surface area contributed by atoms with Gasteiger partial charge in [0.25, 0.3) is 0 Å². The van der Waals surface area contributed by atoms with E-state index in [4.69, 9.17) is 11.6 Å². The van der Waals surface area contributed by atoms with Crippen LogP contribution in [0, 0.1) is 0 Å². The molecule has 7 nitrogen and oxygen atoms in total. The zero-order valence-electron chi connectivity index (χ0n) is 20.2. The summed E-state index contributed by atoms with van der Waals surface area (Å²) in [5.74, 6) is -0.695. The van der Waals surface area contributed by atoms with Crippen molar-refractivity contribution >= 4 is 39.1 Å². The van der Waals surface area contributed by atoms with Crippen molar-refractivity contribution in [2.75, 3.05) is 23.7 Å². The van der Waals surface area contributed by atoms with Crippen molar-refractivity contribution in [1.82, 2.24) is 10.2 Å². The lowest BCUT2D eigenvalue weighted by atomic mass is 10.1. The normalized spacial score (nSPS) is 13.1. The van der Waals surface area contributed by atoms with Crippen LogP contribution in [0.1, 0.15) is 39.2 Å². The quantitative estimate of drug-likeness (QED) is 0.472. The predicted octanol–water partition coefficient (Wildman–Crippen LogP) is 3.87. The number of hydrogen-bond acceptors (Lipinski definition) is 4. The van der Waals surface area contributed by atoms with Crippen LogP contribution in [0.3, 0.4) is 0 Å². The summed E-state index contributed by atoms with van der Waals surface area (Å²) in [6.45, 7) is 5.57. The maximum absolute atomic E-state index is 13.5. The molecule has 0 aliphatic rings. The van der Waals surface area contributed by atoms with E-state index in [1.165, 1.54) is 11.0 Å². The smallest absolute Gasteiger partial charge is 0.244 e. The standard InChI is InChI=1S/C25H34ClN3O4S/c1-5-19(3)27-25(31)23(6-2)28(16-15-20-11-8-7-9-12-20)24(30)18-29(34(4,32)33)22-14-10-13-21(26)17-22/h7-14,17,19,23H,5-6,15-16,18H2,1-4H3,(H,27,31)/t19-,23+/m0/s1. The number of carbonyl (C=O) groups is 2. The van der Waals surface area contributed by atoms with E-state index in [-0.39, 0.29) is 18.5 Å². The molecule has 0 saturated carbocycles. The van der Waals surface area contributed by atoms with Crippen LogP contribution in [0.2, 0.25) is 5.02 Å². The van der Waals surface area contributed by atoms with E-state index in [9.17, 15) is 18.0 Å². The number of hydrogen-bond donors (Lipinski definition) is 1. The minimum absolute atomic E-state index is 0.0356. The van der Waals surface area contributed by atoms with Gasteiger partial charge in [0.2, 0.25) is 21.8 Å². The summed E-state index contributed by atoms with van der Waals surface area (Å²) in [6.07, 6.45) is 2.74. The van der Waals surface area contributed by atoms with Crippen molar-refractivity contribution in [3.05, 3.63) is 65.2 Å². The Morgan fingerprint density at radius 3 is 2.26 bits per heavy atom. The second kappa shape index (κ2) is 12.8. The van der Waals surface area contributed by atoms with Gasteiger partial charge in [-0.3, -0.25) is 13.9 Å². The van der Waals surface area contributed by atoms with Gasteiger partial charge in [0.1, 0.15) is 12.6 Å². The lowest BCUT2D eigenvalue weighted by molar-refractivity contribution is -0.139. The van der Waals surface area contributed by atoms with Crippen molar-refractivity contribution in [2.45, 2.75) is 52.1 Å². The molecule has 0 bridgehead atoms. The molecule has 0 aromatic heterocycles. The minimum atomic E-state index is -3.78. The molecule has 0 fully saturated rings. The molecule has 2 aromatic carbocycles. The molecule has 0 aliphatic carbocycles. The fraction of sp³-hybridized carbons (Fsp3) is 0.440. The van der Waals surface area contributed by atoms with Crippen LogP contribution < -0.4 is 9.62 Å². The van der Waals surface area contributed by atoms with Crippen molar-refractivity contribution in [3.8, 4) is 0 Å². The highest BCUT2D eigenvalue weighted by Crippen LogP contribution is 2.22. The topological polar surface area (TPSA) is 86.8 Å². The highest BCUT2D eigenvalue weighted by molar-refractivity contribution is 7.92. The van der Waals surface area contributed by atoms with E-state index < -0.39 is 28.5 Å². The van der Waals surface area contributed by atoms with Crippen LogP contribution in [0.4, 0.5) is 5.69 Å². The number of benzene rings is 2. The Balaban J connectivity index is 2.36. The van der Waals surface area contributed by atoms with E-state index in [1.807, 2.05) is 51.1 Å². The number of nitrogens with one attached hydrogen (secondary N) is 1. The number of anilines is 1. The highest BCUT2D eigenvalue weighted by Gasteiger charge is 2.31. The molecule has 2 amide bonds. The summed E-state index contributed by atoms with van der Waals surface area (Å²) in [4.78, 5) is 28.1. The maximum atomic E-state index is 13.5. The number of nitrogens with zero attached hydrogens (tertiary/aromatic N) is 2. The van der Waals surface area contributed by atoms with Crippen molar-refractivity contribution < 1.29 is 18.0 Å². The second-order valence-electron chi connectivity index (χ2n) is 8.31. The van der Waals surface area contributed by atoms with Gasteiger partial charge in [-0.1, -0.05) is 61.8 Å². The first-order chi connectivity index (χ1) is 16.1. The summed E-state index contributed by atoms with van der Waals surface area (Å²) < 4.78 is 26.2. The van der Waals surface area contributed by atoms with Gasteiger partial charge in [-0.05, 0) is 49.9 Å². The molecular formula is C25H34ClN3O4S. The van der Waals surface area contributed by atoms with Crippen LogP contribution in [-0.4, -0.2) is 56.6 Å². The molecule has 0 saturated heterocycles. The molecular weight excluding hydrogens is 474 g/mol. The van der Waals surface area contributed by atoms with Crippen LogP contribution in [0.25, 0.3) is 0 Å². The maximum Gasteiger partial charge on any atom is 0.244 e. The Bertz CT molecular complexity index is 1060. The molecule has 0 aliphatic heterocycles. The Kier molecular flexibility index (Phi) is 10.4. The fourth-order valence-corrected chi connectivity index (χ4v) is 4.61. The number of rotatable bonds is 12. The Morgan fingerprint density at radius 2 is 1.71 bits per heavy atom. The first kappa shape index (κ1) is 27.7. The minimum Gasteiger partial charge on any atom is -0.352 e. The van der Waals surface area contributed by atoms with Crippen LogP contribution in [-0.2, 0) is 26.0 Å². The highest BCUT2D eigenvalue weighted by atomic mass is 35.5. The Hall–Kier alpha value is -2.58. The third kappa shape index (κ3) is 8.02. The second-order valence-corrected chi connectivity index (χ2v) is 10.7. The van der Waals surface area contributed by atoms with Gasteiger partial charge in [0, 0.05) is 17.6 Å². The monoisotopic (exact) mass is 507 g/mol. The van der Waals surface area contributed by atoms with Crippen LogP contribution in [0.15, 0.2) is 54.6 Å². The molecule has 2 atom stereocenters. The fourth-order valence-electron chi connectivity index (χ4n) is 3.58.